The first-order chi connectivity index (χ1) is 16.0. The third kappa shape index (κ3) is 5.78. The Bertz CT molecular complexity index is 951. The molecule has 0 aromatic heterocycles. The second-order valence-electron chi connectivity index (χ2n) is 9.05. The molecular formula is C26H32N2O5. The molecule has 0 radical (unpaired) electrons. The Kier molecular flexibility index (Phi) is 7.37. The number of carbonyl (C=O) groups excluding carboxylic acids is 1. The maximum Gasteiger partial charge on any atom is 0.410 e. The molecule has 2 aliphatic rings. The lowest BCUT2D eigenvalue weighted by Gasteiger charge is -2.37. The Morgan fingerprint density at radius 2 is 1.85 bits per heavy atom. The van der Waals surface area contributed by atoms with Crippen molar-refractivity contribution in [2.24, 2.45) is 5.92 Å². The number of rotatable bonds is 6. The summed E-state index contributed by atoms with van der Waals surface area (Å²) in [6.45, 7) is 3.94. The van der Waals surface area contributed by atoms with Crippen molar-refractivity contribution in [2.45, 2.75) is 51.3 Å². The fourth-order valence-electron chi connectivity index (χ4n) is 4.77. The first-order valence-corrected chi connectivity index (χ1v) is 11.7. The number of amides is 2. The molecule has 2 aliphatic heterocycles. The van der Waals surface area contributed by atoms with Crippen molar-refractivity contribution in [3.05, 3.63) is 65.7 Å². The lowest BCUT2D eigenvalue weighted by atomic mass is 9.90. The van der Waals surface area contributed by atoms with Crippen LogP contribution in [0.3, 0.4) is 0 Å². The smallest absolute Gasteiger partial charge is 0.410 e. The van der Waals surface area contributed by atoms with E-state index in [1.54, 1.807) is 4.90 Å². The van der Waals surface area contributed by atoms with Gasteiger partial charge < -0.3 is 24.4 Å². The molecule has 2 fully saturated rings. The van der Waals surface area contributed by atoms with Crippen LogP contribution in [0.1, 0.15) is 49.8 Å². The summed E-state index contributed by atoms with van der Waals surface area (Å²) >= 11 is 0. The van der Waals surface area contributed by atoms with Crippen molar-refractivity contribution in [2.75, 3.05) is 19.7 Å². The van der Waals surface area contributed by atoms with Gasteiger partial charge in [-0.2, -0.15) is 0 Å². The zero-order valence-electron chi connectivity index (χ0n) is 19.1. The summed E-state index contributed by atoms with van der Waals surface area (Å²) in [6.07, 6.45) is 2.40. The molecule has 2 aromatic carbocycles. The van der Waals surface area contributed by atoms with E-state index in [9.17, 15) is 14.7 Å². The van der Waals surface area contributed by atoms with E-state index < -0.39 is 6.09 Å². The normalized spacial score (nSPS) is 22.8. The van der Waals surface area contributed by atoms with E-state index in [2.05, 4.69) is 6.92 Å². The maximum atomic E-state index is 12.6. The van der Waals surface area contributed by atoms with Gasteiger partial charge in [0.1, 0.15) is 19.0 Å². The summed E-state index contributed by atoms with van der Waals surface area (Å²) in [5, 5.41) is 9.65. The number of likely N-dealkylation sites (tertiary alicyclic amines) is 2. The van der Waals surface area contributed by atoms with Gasteiger partial charge in [0.2, 0.25) is 0 Å². The van der Waals surface area contributed by atoms with Gasteiger partial charge in [0.25, 0.3) is 0 Å². The van der Waals surface area contributed by atoms with Gasteiger partial charge in [0.05, 0.1) is 12.1 Å². The molecule has 176 valence electrons. The van der Waals surface area contributed by atoms with Crippen LogP contribution < -0.4 is 4.74 Å². The predicted molar refractivity (Wildman–Crippen MR) is 124 cm³/mol. The highest BCUT2D eigenvalue weighted by Gasteiger charge is 2.32. The Morgan fingerprint density at radius 3 is 2.64 bits per heavy atom. The molecule has 0 bridgehead atoms. The number of hydrogen-bond acceptors (Lipinski definition) is 4. The minimum absolute atomic E-state index is 0.0389. The van der Waals surface area contributed by atoms with Crippen LogP contribution in [0, 0.1) is 5.92 Å². The second-order valence-corrected chi connectivity index (χ2v) is 9.05. The molecule has 7 heteroatoms. The Balaban J connectivity index is 1.34. The molecule has 2 amide bonds. The van der Waals surface area contributed by atoms with E-state index in [0.29, 0.717) is 31.4 Å². The van der Waals surface area contributed by atoms with Crippen molar-refractivity contribution in [1.29, 1.82) is 0 Å². The number of hydrogen-bond donors (Lipinski definition) is 1. The van der Waals surface area contributed by atoms with Gasteiger partial charge in [-0.25, -0.2) is 9.59 Å². The van der Waals surface area contributed by atoms with Crippen molar-refractivity contribution < 1.29 is 24.2 Å². The number of piperidine rings is 1. The topological polar surface area (TPSA) is 79.3 Å². The zero-order valence-corrected chi connectivity index (χ0v) is 19.1. The van der Waals surface area contributed by atoms with Crippen LogP contribution in [0.4, 0.5) is 9.59 Å². The first-order valence-electron chi connectivity index (χ1n) is 11.7. The average molecular weight is 453 g/mol. The van der Waals surface area contributed by atoms with Crippen molar-refractivity contribution in [3.63, 3.8) is 0 Å². The largest absolute Gasteiger partial charge is 0.491 e. The SMILES string of the molecule is C[C@H]1CC[C@H](c2cccc(OC[C@@H]3CCCN3C(=O)OCc3ccccc3)c2)N(C(=O)O)C1. The van der Waals surface area contributed by atoms with Gasteiger partial charge in [-0.05, 0) is 54.9 Å². The predicted octanol–water partition coefficient (Wildman–Crippen LogP) is 5.32. The summed E-state index contributed by atoms with van der Waals surface area (Å²) in [5.74, 6) is 1.06. The van der Waals surface area contributed by atoms with Gasteiger partial charge in [-0.3, -0.25) is 0 Å². The molecule has 7 nitrogen and oxygen atoms in total. The first kappa shape index (κ1) is 23.0. The summed E-state index contributed by atoms with van der Waals surface area (Å²) < 4.78 is 11.6. The highest BCUT2D eigenvalue weighted by molar-refractivity contribution is 5.68. The van der Waals surface area contributed by atoms with Crippen molar-refractivity contribution >= 4 is 12.2 Å². The van der Waals surface area contributed by atoms with Crippen LogP contribution in [-0.2, 0) is 11.3 Å². The highest BCUT2D eigenvalue weighted by Crippen LogP contribution is 2.34. The number of carbonyl (C=O) groups is 2. The molecule has 2 saturated heterocycles. The fraction of sp³-hybridized carbons (Fsp3) is 0.462. The third-order valence-corrected chi connectivity index (χ3v) is 6.57. The summed E-state index contributed by atoms with van der Waals surface area (Å²) in [6, 6.07) is 17.1. The van der Waals surface area contributed by atoms with Gasteiger partial charge in [-0.15, -0.1) is 0 Å². The van der Waals surface area contributed by atoms with Crippen molar-refractivity contribution in [1.82, 2.24) is 9.80 Å². The molecule has 1 N–H and O–H groups in total. The quantitative estimate of drug-likeness (QED) is 0.642. The van der Waals surface area contributed by atoms with E-state index in [1.165, 1.54) is 4.90 Å². The van der Waals surface area contributed by atoms with Gasteiger partial charge in [0.15, 0.2) is 0 Å². The standard InChI is InChI=1S/C26H32N2O5/c1-19-12-13-24(28(16-19)25(29)30)21-9-5-11-23(15-21)32-18-22-10-6-14-27(22)26(31)33-17-20-7-3-2-4-8-20/h2-5,7-9,11,15,19,22,24H,6,10,12-14,16-18H2,1H3,(H,29,30)/t19-,22-,24+/m0/s1. The molecule has 0 saturated carbocycles. The highest BCUT2D eigenvalue weighted by atomic mass is 16.6. The van der Waals surface area contributed by atoms with Gasteiger partial charge in [-0.1, -0.05) is 49.4 Å². The molecule has 2 aromatic rings. The summed E-state index contributed by atoms with van der Waals surface area (Å²) in [4.78, 5) is 27.7. The van der Waals surface area contributed by atoms with E-state index in [0.717, 1.165) is 36.8 Å². The van der Waals surface area contributed by atoms with Crippen LogP contribution in [0.25, 0.3) is 0 Å². The van der Waals surface area contributed by atoms with Crippen LogP contribution in [0.2, 0.25) is 0 Å². The summed E-state index contributed by atoms with van der Waals surface area (Å²) in [7, 11) is 0. The lowest BCUT2D eigenvalue weighted by Crippen LogP contribution is -2.40. The second kappa shape index (κ2) is 10.6. The van der Waals surface area contributed by atoms with Gasteiger partial charge >= 0.3 is 12.2 Å². The molecule has 33 heavy (non-hydrogen) atoms. The number of ether oxygens (including phenoxy) is 2. The zero-order chi connectivity index (χ0) is 23.2. The van der Waals surface area contributed by atoms with E-state index in [4.69, 9.17) is 9.47 Å². The Morgan fingerprint density at radius 1 is 1.03 bits per heavy atom. The average Bonchev–Trinajstić information content (AvgIpc) is 3.31. The molecule has 0 aliphatic carbocycles. The molecule has 2 heterocycles. The monoisotopic (exact) mass is 452 g/mol. The van der Waals surface area contributed by atoms with Crippen molar-refractivity contribution in [3.8, 4) is 5.75 Å². The number of benzene rings is 2. The number of carboxylic acid groups (broad SMARTS) is 1. The Labute approximate surface area is 194 Å². The minimum atomic E-state index is -0.881. The molecule has 3 atom stereocenters. The van der Waals surface area contributed by atoms with Crippen LogP contribution in [0.15, 0.2) is 54.6 Å². The lowest BCUT2D eigenvalue weighted by molar-refractivity contribution is 0.0823. The molecular weight excluding hydrogens is 420 g/mol. The summed E-state index contributed by atoms with van der Waals surface area (Å²) in [5.41, 5.74) is 1.91. The maximum absolute atomic E-state index is 12.6. The third-order valence-electron chi connectivity index (χ3n) is 6.57. The van der Waals surface area contributed by atoms with E-state index in [1.807, 2.05) is 54.6 Å². The Hall–Kier alpha value is -3.22. The minimum Gasteiger partial charge on any atom is -0.491 e. The fourth-order valence-corrected chi connectivity index (χ4v) is 4.77. The van der Waals surface area contributed by atoms with Gasteiger partial charge in [0, 0.05) is 13.1 Å². The van der Waals surface area contributed by atoms with E-state index >= 15 is 0 Å². The van der Waals surface area contributed by atoms with E-state index in [-0.39, 0.29) is 24.8 Å². The molecule has 4 rings (SSSR count). The number of nitrogens with zero attached hydrogens (tertiary/aromatic N) is 2. The van der Waals surface area contributed by atoms with Crippen LogP contribution in [-0.4, -0.2) is 52.8 Å². The molecule has 0 unspecified atom stereocenters. The van der Waals surface area contributed by atoms with Crippen LogP contribution in [0.5, 0.6) is 5.75 Å². The van der Waals surface area contributed by atoms with Crippen LogP contribution >= 0.6 is 0 Å². The molecule has 0 spiro atoms.